The Morgan fingerprint density at radius 3 is 2.45 bits per heavy atom. The first kappa shape index (κ1) is 21.2. The standard InChI is InChI=1S/C27H27N3O3/c31-25-11-5-17-30(25)22-14-12-21(13-15-22)28-26(32)20-8-4-16-29(18-20)27(33)24-10-3-7-19-6-1-2-9-23(19)24/h1-3,6-7,9-10,12-15,20H,4-5,8,11,16-18H2,(H,28,32). The molecule has 33 heavy (non-hydrogen) atoms. The number of hydrogen-bond donors (Lipinski definition) is 1. The van der Waals surface area contributed by atoms with Crippen molar-refractivity contribution in [2.24, 2.45) is 5.92 Å². The van der Waals surface area contributed by atoms with Crippen LogP contribution in [0.2, 0.25) is 0 Å². The molecule has 1 atom stereocenters. The summed E-state index contributed by atoms with van der Waals surface area (Å²) in [6.07, 6.45) is 3.03. The lowest BCUT2D eigenvalue weighted by molar-refractivity contribution is -0.121. The molecule has 0 saturated carbocycles. The molecule has 0 aliphatic carbocycles. The van der Waals surface area contributed by atoms with Crippen LogP contribution in [0.5, 0.6) is 0 Å². The van der Waals surface area contributed by atoms with Gasteiger partial charge in [-0.3, -0.25) is 14.4 Å². The van der Waals surface area contributed by atoms with E-state index < -0.39 is 0 Å². The number of amides is 3. The van der Waals surface area contributed by atoms with Gasteiger partial charge in [-0.1, -0.05) is 36.4 Å². The zero-order valence-electron chi connectivity index (χ0n) is 18.5. The van der Waals surface area contributed by atoms with E-state index in [2.05, 4.69) is 5.32 Å². The second-order valence-corrected chi connectivity index (χ2v) is 8.80. The van der Waals surface area contributed by atoms with E-state index in [1.54, 1.807) is 9.80 Å². The van der Waals surface area contributed by atoms with E-state index in [-0.39, 0.29) is 23.6 Å². The Hall–Kier alpha value is -3.67. The third-order valence-electron chi connectivity index (χ3n) is 6.62. The zero-order chi connectivity index (χ0) is 22.8. The van der Waals surface area contributed by atoms with Crippen LogP contribution in [0.1, 0.15) is 36.0 Å². The Bertz CT molecular complexity index is 1200. The van der Waals surface area contributed by atoms with Gasteiger partial charge in [0.15, 0.2) is 0 Å². The van der Waals surface area contributed by atoms with Crippen LogP contribution in [0.3, 0.4) is 0 Å². The normalized spacial score (nSPS) is 18.5. The number of fused-ring (bicyclic) bond motifs is 1. The average molecular weight is 442 g/mol. The number of carbonyl (C=O) groups excluding carboxylic acids is 3. The summed E-state index contributed by atoms with van der Waals surface area (Å²) < 4.78 is 0. The van der Waals surface area contributed by atoms with Crippen LogP contribution in [-0.4, -0.2) is 42.3 Å². The number of nitrogens with one attached hydrogen (secondary N) is 1. The van der Waals surface area contributed by atoms with Gasteiger partial charge in [-0.05, 0) is 60.4 Å². The molecule has 2 heterocycles. The third-order valence-corrected chi connectivity index (χ3v) is 6.62. The van der Waals surface area contributed by atoms with Crippen LogP contribution >= 0.6 is 0 Å². The Balaban J connectivity index is 1.25. The molecule has 6 nitrogen and oxygen atoms in total. The van der Waals surface area contributed by atoms with E-state index >= 15 is 0 Å². The van der Waals surface area contributed by atoms with Crippen LogP contribution in [0.15, 0.2) is 66.7 Å². The summed E-state index contributed by atoms with van der Waals surface area (Å²) in [5.41, 5.74) is 2.24. The molecule has 0 aromatic heterocycles. The largest absolute Gasteiger partial charge is 0.338 e. The van der Waals surface area contributed by atoms with Crippen molar-refractivity contribution in [3.63, 3.8) is 0 Å². The molecular formula is C27H27N3O3. The van der Waals surface area contributed by atoms with Gasteiger partial charge in [0.05, 0.1) is 5.92 Å². The molecule has 6 heteroatoms. The second kappa shape index (κ2) is 9.06. The number of hydrogen-bond acceptors (Lipinski definition) is 3. The Morgan fingerprint density at radius 1 is 0.879 bits per heavy atom. The molecular weight excluding hydrogens is 414 g/mol. The van der Waals surface area contributed by atoms with Gasteiger partial charge in [0.25, 0.3) is 5.91 Å². The van der Waals surface area contributed by atoms with Crippen molar-refractivity contribution >= 4 is 39.9 Å². The molecule has 0 radical (unpaired) electrons. The fourth-order valence-corrected chi connectivity index (χ4v) is 4.85. The van der Waals surface area contributed by atoms with Gasteiger partial charge in [0.2, 0.25) is 11.8 Å². The first-order chi connectivity index (χ1) is 16.1. The third kappa shape index (κ3) is 4.33. The lowest BCUT2D eigenvalue weighted by Gasteiger charge is -2.32. The van der Waals surface area contributed by atoms with Crippen LogP contribution in [0.25, 0.3) is 10.8 Å². The van der Waals surface area contributed by atoms with Gasteiger partial charge in [-0.2, -0.15) is 0 Å². The van der Waals surface area contributed by atoms with Crippen molar-refractivity contribution in [3.8, 4) is 0 Å². The SMILES string of the molecule is O=C(Nc1ccc(N2CCCC2=O)cc1)C1CCCN(C(=O)c2cccc3ccccc23)C1. The van der Waals surface area contributed by atoms with Crippen molar-refractivity contribution in [3.05, 3.63) is 72.3 Å². The summed E-state index contributed by atoms with van der Waals surface area (Å²) >= 11 is 0. The molecule has 3 aromatic carbocycles. The first-order valence-electron chi connectivity index (χ1n) is 11.6. The molecule has 1 N–H and O–H groups in total. The molecule has 1 unspecified atom stereocenters. The van der Waals surface area contributed by atoms with E-state index in [0.717, 1.165) is 42.3 Å². The fourth-order valence-electron chi connectivity index (χ4n) is 4.85. The maximum Gasteiger partial charge on any atom is 0.254 e. The summed E-state index contributed by atoms with van der Waals surface area (Å²) in [5, 5.41) is 4.96. The van der Waals surface area contributed by atoms with E-state index in [9.17, 15) is 14.4 Å². The summed E-state index contributed by atoms with van der Waals surface area (Å²) in [6.45, 7) is 1.81. The minimum absolute atomic E-state index is 0.0241. The van der Waals surface area contributed by atoms with Crippen LogP contribution in [0.4, 0.5) is 11.4 Å². The fraction of sp³-hybridized carbons (Fsp3) is 0.296. The van der Waals surface area contributed by atoms with E-state index in [0.29, 0.717) is 30.8 Å². The zero-order valence-corrected chi connectivity index (χ0v) is 18.5. The maximum atomic E-state index is 13.3. The summed E-state index contributed by atoms with van der Waals surface area (Å²) in [5.74, 6) is -0.207. The van der Waals surface area contributed by atoms with E-state index in [1.165, 1.54) is 0 Å². The lowest BCUT2D eigenvalue weighted by atomic mass is 9.95. The highest BCUT2D eigenvalue weighted by atomic mass is 16.2. The van der Waals surface area contributed by atoms with Crippen molar-refractivity contribution in [1.82, 2.24) is 4.90 Å². The second-order valence-electron chi connectivity index (χ2n) is 8.80. The van der Waals surface area contributed by atoms with Gasteiger partial charge in [-0.25, -0.2) is 0 Å². The van der Waals surface area contributed by atoms with Crippen molar-refractivity contribution in [1.29, 1.82) is 0 Å². The minimum atomic E-state index is -0.252. The van der Waals surface area contributed by atoms with Crippen LogP contribution in [0, 0.1) is 5.92 Å². The van der Waals surface area contributed by atoms with E-state index in [4.69, 9.17) is 0 Å². The summed E-state index contributed by atoms with van der Waals surface area (Å²) in [4.78, 5) is 41.8. The number of nitrogens with zero attached hydrogens (tertiary/aromatic N) is 2. The van der Waals surface area contributed by atoms with Crippen molar-refractivity contribution in [2.45, 2.75) is 25.7 Å². The predicted molar refractivity (Wildman–Crippen MR) is 129 cm³/mol. The van der Waals surface area contributed by atoms with Crippen molar-refractivity contribution in [2.75, 3.05) is 29.9 Å². The number of likely N-dealkylation sites (tertiary alicyclic amines) is 1. The number of carbonyl (C=O) groups is 3. The molecule has 2 saturated heterocycles. The quantitative estimate of drug-likeness (QED) is 0.650. The van der Waals surface area contributed by atoms with Crippen molar-refractivity contribution < 1.29 is 14.4 Å². The smallest absolute Gasteiger partial charge is 0.254 e. The molecule has 2 aliphatic rings. The first-order valence-corrected chi connectivity index (χ1v) is 11.6. The summed E-state index contributed by atoms with van der Waals surface area (Å²) in [7, 11) is 0. The highest BCUT2D eigenvalue weighted by Gasteiger charge is 2.29. The van der Waals surface area contributed by atoms with Crippen LogP contribution < -0.4 is 10.2 Å². The number of piperidine rings is 1. The van der Waals surface area contributed by atoms with Gasteiger partial charge in [0.1, 0.15) is 0 Å². The molecule has 3 aromatic rings. The molecule has 0 spiro atoms. The minimum Gasteiger partial charge on any atom is -0.338 e. The molecule has 2 aliphatic heterocycles. The Labute approximate surface area is 193 Å². The highest BCUT2D eigenvalue weighted by Crippen LogP contribution is 2.26. The maximum absolute atomic E-state index is 13.3. The average Bonchev–Trinajstić information content (AvgIpc) is 3.29. The Morgan fingerprint density at radius 2 is 1.67 bits per heavy atom. The van der Waals surface area contributed by atoms with Crippen LogP contribution in [-0.2, 0) is 9.59 Å². The number of rotatable bonds is 4. The monoisotopic (exact) mass is 441 g/mol. The van der Waals surface area contributed by atoms with Gasteiger partial charge >= 0.3 is 0 Å². The van der Waals surface area contributed by atoms with Gasteiger partial charge in [-0.15, -0.1) is 0 Å². The molecule has 5 rings (SSSR count). The summed E-state index contributed by atoms with van der Waals surface area (Å²) in [6, 6.07) is 21.1. The Kier molecular flexibility index (Phi) is 5.82. The van der Waals surface area contributed by atoms with E-state index in [1.807, 2.05) is 66.7 Å². The van der Waals surface area contributed by atoms with Gasteiger partial charge < -0.3 is 15.1 Å². The highest BCUT2D eigenvalue weighted by molar-refractivity contribution is 6.07. The topological polar surface area (TPSA) is 69.7 Å². The number of benzene rings is 3. The molecule has 2 fully saturated rings. The molecule has 0 bridgehead atoms. The molecule has 168 valence electrons. The van der Waals surface area contributed by atoms with Gasteiger partial charge in [0, 0.05) is 43.0 Å². The predicted octanol–water partition coefficient (Wildman–Crippen LogP) is 4.46. The lowest BCUT2D eigenvalue weighted by Crippen LogP contribution is -2.43. The molecule has 3 amide bonds. The number of anilines is 2.